The largest absolute Gasteiger partial charge is 0.481 e. The van der Waals surface area contributed by atoms with Gasteiger partial charge in [-0.25, -0.2) is 0 Å². The standard InChI is InChI=1S/C13H21BrN2O2/c1-9-11(14)10(2)16(15-9)8-6-5-7-13(3,4)12(17)18/h5-8H2,1-4H3,(H,17,18). The van der Waals surface area contributed by atoms with Crippen molar-refractivity contribution in [3.8, 4) is 0 Å². The number of rotatable bonds is 6. The Balaban J connectivity index is 2.43. The molecule has 5 heteroatoms. The van der Waals surface area contributed by atoms with Gasteiger partial charge >= 0.3 is 5.97 Å². The molecule has 0 aliphatic heterocycles. The van der Waals surface area contributed by atoms with Crippen molar-refractivity contribution >= 4 is 21.9 Å². The molecule has 0 saturated carbocycles. The van der Waals surface area contributed by atoms with E-state index in [-0.39, 0.29) is 0 Å². The summed E-state index contributed by atoms with van der Waals surface area (Å²) in [7, 11) is 0. The Hall–Kier alpha value is -0.840. The fourth-order valence-corrected chi connectivity index (χ4v) is 2.11. The van der Waals surface area contributed by atoms with Gasteiger partial charge in [0.1, 0.15) is 0 Å². The van der Waals surface area contributed by atoms with Crippen LogP contribution < -0.4 is 0 Å². The second-order valence-electron chi connectivity index (χ2n) is 5.35. The smallest absolute Gasteiger partial charge is 0.309 e. The van der Waals surface area contributed by atoms with Gasteiger partial charge in [-0.15, -0.1) is 0 Å². The first-order chi connectivity index (χ1) is 8.25. The molecule has 4 nitrogen and oxygen atoms in total. The fourth-order valence-electron chi connectivity index (χ4n) is 1.83. The summed E-state index contributed by atoms with van der Waals surface area (Å²) in [4.78, 5) is 11.0. The van der Waals surface area contributed by atoms with E-state index in [2.05, 4.69) is 21.0 Å². The number of aliphatic carboxylic acids is 1. The number of aryl methyl sites for hydroxylation is 2. The lowest BCUT2D eigenvalue weighted by atomic mass is 9.87. The molecule has 0 aromatic carbocycles. The Bertz CT molecular complexity index is 438. The van der Waals surface area contributed by atoms with Gasteiger partial charge in [0.05, 0.1) is 15.6 Å². The Morgan fingerprint density at radius 3 is 2.44 bits per heavy atom. The zero-order valence-corrected chi connectivity index (χ0v) is 13.0. The lowest BCUT2D eigenvalue weighted by Crippen LogP contribution is -2.23. The lowest BCUT2D eigenvalue weighted by Gasteiger charge is -2.18. The Labute approximate surface area is 117 Å². The molecule has 0 bridgehead atoms. The molecule has 0 unspecified atom stereocenters. The van der Waals surface area contributed by atoms with Gasteiger partial charge in [0.25, 0.3) is 0 Å². The first kappa shape index (κ1) is 15.2. The van der Waals surface area contributed by atoms with Crippen LogP contribution in [0.2, 0.25) is 0 Å². The fraction of sp³-hybridized carbons (Fsp3) is 0.692. The van der Waals surface area contributed by atoms with Gasteiger partial charge in [-0.3, -0.25) is 9.48 Å². The third-order valence-corrected chi connectivity index (χ3v) is 4.44. The average molecular weight is 317 g/mol. The Kier molecular flexibility index (Phi) is 4.96. The number of carboxylic acids is 1. The predicted octanol–water partition coefficient (Wildman–Crippen LogP) is 3.54. The van der Waals surface area contributed by atoms with Crippen LogP contribution in [0, 0.1) is 19.3 Å². The number of carboxylic acid groups (broad SMARTS) is 1. The van der Waals surface area contributed by atoms with Crippen LogP contribution in [0.4, 0.5) is 0 Å². The highest BCUT2D eigenvalue weighted by Gasteiger charge is 2.26. The number of aromatic nitrogens is 2. The van der Waals surface area contributed by atoms with Crippen molar-refractivity contribution in [1.29, 1.82) is 0 Å². The molecule has 0 fully saturated rings. The SMILES string of the molecule is Cc1nn(CCCCC(C)(C)C(=O)O)c(C)c1Br. The van der Waals surface area contributed by atoms with E-state index in [9.17, 15) is 4.79 Å². The maximum Gasteiger partial charge on any atom is 0.309 e. The van der Waals surface area contributed by atoms with Crippen LogP contribution in [0.3, 0.4) is 0 Å². The molecule has 0 aliphatic rings. The number of nitrogens with zero attached hydrogens (tertiary/aromatic N) is 2. The molecule has 1 N–H and O–H groups in total. The second kappa shape index (κ2) is 5.87. The summed E-state index contributed by atoms with van der Waals surface area (Å²) in [6.07, 6.45) is 2.54. The van der Waals surface area contributed by atoms with Crippen LogP contribution in [0.5, 0.6) is 0 Å². The molecule has 102 valence electrons. The number of hydrogen-bond acceptors (Lipinski definition) is 2. The number of hydrogen-bond donors (Lipinski definition) is 1. The van der Waals surface area contributed by atoms with Gasteiger partial charge in [0.15, 0.2) is 0 Å². The highest BCUT2D eigenvalue weighted by atomic mass is 79.9. The summed E-state index contributed by atoms with van der Waals surface area (Å²) in [6, 6.07) is 0. The molecule has 1 aromatic heterocycles. The van der Waals surface area contributed by atoms with Crippen molar-refractivity contribution in [2.75, 3.05) is 0 Å². The van der Waals surface area contributed by atoms with E-state index in [0.29, 0.717) is 6.42 Å². The molecule has 0 amide bonds. The Morgan fingerprint density at radius 1 is 1.39 bits per heavy atom. The summed E-state index contributed by atoms with van der Waals surface area (Å²) in [5, 5.41) is 13.5. The molecule has 0 spiro atoms. The van der Waals surface area contributed by atoms with Crippen molar-refractivity contribution < 1.29 is 9.90 Å². The maximum absolute atomic E-state index is 11.0. The zero-order chi connectivity index (χ0) is 13.9. The van der Waals surface area contributed by atoms with E-state index in [1.54, 1.807) is 13.8 Å². The first-order valence-corrected chi connectivity index (χ1v) is 6.98. The van der Waals surface area contributed by atoms with Crippen LogP contribution in [0.1, 0.15) is 44.5 Å². The monoisotopic (exact) mass is 316 g/mol. The summed E-state index contributed by atoms with van der Waals surface area (Å²) in [6.45, 7) is 8.39. The lowest BCUT2D eigenvalue weighted by molar-refractivity contribution is -0.147. The predicted molar refractivity (Wildman–Crippen MR) is 74.7 cm³/mol. The van der Waals surface area contributed by atoms with E-state index < -0.39 is 11.4 Å². The van der Waals surface area contributed by atoms with Crippen molar-refractivity contribution in [3.05, 3.63) is 15.9 Å². The van der Waals surface area contributed by atoms with Gasteiger partial charge in [0.2, 0.25) is 0 Å². The highest BCUT2D eigenvalue weighted by Crippen LogP contribution is 2.24. The number of carbonyl (C=O) groups is 1. The minimum absolute atomic E-state index is 0.629. The second-order valence-corrected chi connectivity index (χ2v) is 6.15. The van der Waals surface area contributed by atoms with Crippen LogP contribution in [-0.4, -0.2) is 20.9 Å². The molecule has 1 rings (SSSR count). The summed E-state index contributed by atoms with van der Waals surface area (Å²) >= 11 is 3.50. The summed E-state index contributed by atoms with van der Waals surface area (Å²) < 4.78 is 3.04. The third kappa shape index (κ3) is 3.57. The molecule has 1 aromatic rings. The van der Waals surface area contributed by atoms with E-state index in [4.69, 9.17) is 5.11 Å². The van der Waals surface area contributed by atoms with Crippen LogP contribution in [0.25, 0.3) is 0 Å². The van der Waals surface area contributed by atoms with Crippen LogP contribution >= 0.6 is 15.9 Å². The maximum atomic E-state index is 11.0. The number of halogens is 1. The van der Waals surface area contributed by atoms with E-state index in [1.165, 1.54) is 0 Å². The summed E-state index contributed by atoms with van der Waals surface area (Å²) in [5.74, 6) is -0.726. The molecular formula is C13H21BrN2O2. The molecule has 0 radical (unpaired) electrons. The highest BCUT2D eigenvalue weighted by molar-refractivity contribution is 9.10. The topological polar surface area (TPSA) is 55.1 Å². The van der Waals surface area contributed by atoms with Gasteiger partial charge in [0, 0.05) is 12.2 Å². The van der Waals surface area contributed by atoms with Gasteiger partial charge in [-0.1, -0.05) is 6.42 Å². The van der Waals surface area contributed by atoms with Gasteiger partial charge in [-0.2, -0.15) is 5.10 Å². The normalized spacial score (nSPS) is 11.8. The van der Waals surface area contributed by atoms with E-state index in [0.717, 1.165) is 35.2 Å². The Morgan fingerprint density at radius 2 is 2.00 bits per heavy atom. The number of unbranched alkanes of at least 4 members (excludes halogenated alkanes) is 1. The van der Waals surface area contributed by atoms with Gasteiger partial charge < -0.3 is 5.11 Å². The summed E-state index contributed by atoms with van der Waals surface area (Å²) in [5.41, 5.74) is 1.50. The molecule has 0 aliphatic carbocycles. The minimum atomic E-state index is -0.726. The van der Waals surface area contributed by atoms with Crippen LogP contribution in [0.15, 0.2) is 4.47 Å². The van der Waals surface area contributed by atoms with Crippen molar-refractivity contribution in [1.82, 2.24) is 9.78 Å². The molecular weight excluding hydrogens is 296 g/mol. The van der Waals surface area contributed by atoms with Gasteiger partial charge in [-0.05, 0) is 56.5 Å². The van der Waals surface area contributed by atoms with Crippen LogP contribution in [-0.2, 0) is 11.3 Å². The molecule has 0 saturated heterocycles. The quantitative estimate of drug-likeness (QED) is 0.817. The van der Waals surface area contributed by atoms with Crippen molar-refractivity contribution in [2.24, 2.45) is 5.41 Å². The van der Waals surface area contributed by atoms with E-state index >= 15 is 0 Å². The first-order valence-electron chi connectivity index (χ1n) is 6.18. The zero-order valence-electron chi connectivity index (χ0n) is 11.5. The van der Waals surface area contributed by atoms with Crippen molar-refractivity contribution in [2.45, 2.75) is 53.5 Å². The van der Waals surface area contributed by atoms with Crippen molar-refractivity contribution in [3.63, 3.8) is 0 Å². The average Bonchev–Trinajstić information content (AvgIpc) is 2.52. The molecule has 1 heterocycles. The van der Waals surface area contributed by atoms with E-state index in [1.807, 2.05) is 18.5 Å². The third-order valence-electron chi connectivity index (χ3n) is 3.29. The minimum Gasteiger partial charge on any atom is -0.481 e. The molecule has 0 atom stereocenters. The molecule has 18 heavy (non-hydrogen) atoms.